The van der Waals surface area contributed by atoms with Crippen LogP contribution in [-0.4, -0.2) is 11.0 Å². The summed E-state index contributed by atoms with van der Waals surface area (Å²) in [6.45, 7) is 6.48. The zero-order valence-electron chi connectivity index (χ0n) is 9.49. The summed E-state index contributed by atoms with van der Waals surface area (Å²) in [5.74, 6) is 0.543. The van der Waals surface area contributed by atoms with Gasteiger partial charge in [-0.05, 0) is 24.5 Å². The summed E-state index contributed by atoms with van der Waals surface area (Å²) in [5, 5.41) is 12.3. The number of pyridine rings is 1. The highest BCUT2D eigenvalue weighted by molar-refractivity contribution is 5.53. The first-order chi connectivity index (χ1) is 7.19. The largest absolute Gasteiger partial charge is 0.380 e. The summed E-state index contributed by atoms with van der Waals surface area (Å²) in [4.78, 5) is 4.02. The van der Waals surface area contributed by atoms with Crippen molar-refractivity contribution in [3.63, 3.8) is 0 Å². The van der Waals surface area contributed by atoms with Gasteiger partial charge in [0.1, 0.15) is 6.07 Å². The second kappa shape index (κ2) is 5.35. The molecule has 0 saturated heterocycles. The lowest BCUT2D eigenvalue weighted by atomic mass is 10.0. The van der Waals surface area contributed by atoms with Crippen molar-refractivity contribution in [1.29, 1.82) is 5.26 Å². The molecule has 0 radical (unpaired) electrons. The van der Waals surface area contributed by atoms with E-state index in [0.717, 1.165) is 12.1 Å². The molecular formula is C12H17N3. The molecule has 0 saturated carbocycles. The Labute approximate surface area is 91.1 Å². The lowest BCUT2D eigenvalue weighted by Crippen LogP contribution is -2.25. The summed E-state index contributed by atoms with van der Waals surface area (Å²) < 4.78 is 0. The first-order valence-electron chi connectivity index (χ1n) is 5.30. The number of nitriles is 1. The quantitative estimate of drug-likeness (QED) is 0.818. The molecule has 1 N–H and O–H groups in total. The van der Waals surface area contributed by atoms with Crippen molar-refractivity contribution in [3.8, 4) is 6.07 Å². The minimum absolute atomic E-state index is 0.390. The van der Waals surface area contributed by atoms with Gasteiger partial charge in [0.05, 0.1) is 5.69 Å². The van der Waals surface area contributed by atoms with E-state index in [2.05, 4.69) is 37.1 Å². The van der Waals surface area contributed by atoms with E-state index >= 15 is 0 Å². The molecule has 0 aromatic carbocycles. The molecule has 0 amide bonds. The third kappa shape index (κ3) is 2.95. The van der Waals surface area contributed by atoms with Crippen molar-refractivity contribution in [2.24, 2.45) is 5.92 Å². The van der Waals surface area contributed by atoms with Gasteiger partial charge in [-0.1, -0.05) is 20.8 Å². The molecule has 0 aliphatic carbocycles. The molecule has 1 rings (SSSR count). The number of nitrogens with one attached hydrogen (secondary N) is 1. The van der Waals surface area contributed by atoms with Gasteiger partial charge in [-0.3, -0.25) is 0 Å². The Morgan fingerprint density at radius 3 is 2.80 bits per heavy atom. The van der Waals surface area contributed by atoms with Crippen LogP contribution in [0, 0.1) is 17.2 Å². The topological polar surface area (TPSA) is 48.7 Å². The minimum atomic E-state index is 0.390. The van der Waals surface area contributed by atoms with Crippen LogP contribution in [0.1, 0.15) is 32.9 Å². The SMILES string of the molecule is CCC(Nc1cccnc1C#N)C(C)C. The molecule has 0 spiro atoms. The molecule has 80 valence electrons. The molecular weight excluding hydrogens is 186 g/mol. The van der Waals surface area contributed by atoms with Crippen molar-refractivity contribution < 1.29 is 0 Å². The first-order valence-corrected chi connectivity index (χ1v) is 5.30. The first kappa shape index (κ1) is 11.5. The van der Waals surface area contributed by atoms with E-state index in [9.17, 15) is 0 Å². The van der Waals surface area contributed by atoms with Gasteiger partial charge in [-0.15, -0.1) is 0 Å². The molecule has 1 aromatic rings. The van der Waals surface area contributed by atoms with Gasteiger partial charge in [-0.25, -0.2) is 4.98 Å². The highest BCUT2D eigenvalue weighted by Gasteiger charge is 2.12. The van der Waals surface area contributed by atoms with Gasteiger partial charge in [0.2, 0.25) is 0 Å². The lowest BCUT2D eigenvalue weighted by Gasteiger charge is -2.22. The van der Waals surface area contributed by atoms with Crippen LogP contribution in [0.15, 0.2) is 18.3 Å². The average Bonchev–Trinajstić information content (AvgIpc) is 2.25. The molecule has 0 aliphatic rings. The van der Waals surface area contributed by atoms with Gasteiger partial charge in [-0.2, -0.15) is 5.26 Å². The van der Waals surface area contributed by atoms with Crippen molar-refractivity contribution in [2.75, 3.05) is 5.32 Å². The zero-order valence-corrected chi connectivity index (χ0v) is 9.49. The van der Waals surface area contributed by atoms with Crippen molar-refractivity contribution >= 4 is 5.69 Å². The molecule has 0 fully saturated rings. The monoisotopic (exact) mass is 203 g/mol. The van der Waals surface area contributed by atoms with Gasteiger partial charge >= 0.3 is 0 Å². The number of aromatic nitrogens is 1. The Morgan fingerprint density at radius 1 is 1.53 bits per heavy atom. The Kier molecular flexibility index (Phi) is 4.11. The normalized spacial score (nSPS) is 12.2. The van der Waals surface area contributed by atoms with E-state index in [-0.39, 0.29) is 0 Å². The van der Waals surface area contributed by atoms with Crippen LogP contribution in [0.2, 0.25) is 0 Å². The predicted molar refractivity (Wildman–Crippen MR) is 61.5 cm³/mol. The van der Waals surface area contributed by atoms with Gasteiger partial charge < -0.3 is 5.32 Å². The number of anilines is 1. The maximum absolute atomic E-state index is 8.89. The van der Waals surface area contributed by atoms with E-state index in [4.69, 9.17) is 5.26 Å². The van der Waals surface area contributed by atoms with Gasteiger partial charge in [0.25, 0.3) is 0 Å². The summed E-state index contributed by atoms with van der Waals surface area (Å²) in [6, 6.07) is 6.22. The number of hydrogen-bond acceptors (Lipinski definition) is 3. The fraction of sp³-hybridized carbons (Fsp3) is 0.500. The predicted octanol–water partition coefficient (Wildman–Crippen LogP) is 2.80. The summed E-state index contributed by atoms with van der Waals surface area (Å²) >= 11 is 0. The van der Waals surface area contributed by atoms with Crippen molar-refractivity contribution in [2.45, 2.75) is 33.2 Å². The summed E-state index contributed by atoms with van der Waals surface area (Å²) in [5.41, 5.74) is 1.30. The van der Waals surface area contributed by atoms with Crippen LogP contribution >= 0.6 is 0 Å². The molecule has 3 nitrogen and oxygen atoms in total. The number of hydrogen-bond donors (Lipinski definition) is 1. The average molecular weight is 203 g/mol. The van der Waals surface area contributed by atoms with Crippen LogP contribution in [-0.2, 0) is 0 Å². The lowest BCUT2D eigenvalue weighted by molar-refractivity contribution is 0.511. The second-order valence-corrected chi connectivity index (χ2v) is 3.91. The van der Waals surface area contributed by atoms with E-state index in [0.29, 0.717) is 17.7 Å². The third-order valence-corrected chi connectivity index (χ3v) is 2.50. The maximum Gasteiger partial charge on any atom is 0.163 e. The van der Waals surface area contributed by atoms with E-state index in [1.54, 1.807) is 6.20 Å². The summed E-state index contributed by atoms with van der Waals surface area (Å²) in [6.07, 6.45) is 2.68. The molecule has 1 aromatic heterocycles. The molecule has 1 unspecified atom stereocenters. The third-order valence-electron chi connectivity index (χ3n) is 2.50. The van der Waals surface area contributed by atoms with Crippen LogP contribution in [0.25, 0.3) is 0 Å². The fourth-order valence-electron chi connectivity index (χ4n) is 1.55. The second-order valence-electron chi connectivity index (χ2n) is 3.91. The Bertz CT molecular complexity index is 352. The molecule has 0 aliphatic heterocycles. The Balaban J connectivity index is 2.84. The molecule has 3 heteroatoms. The fourth-order valence-corrected chi connectivity index (χ4v) is 1.55. The van der Waals surface area contributed by atoms with Crippen LogP contribution in [0.5, 0.6) is 0 Å². The molecule has 1 atom stereocenters. The molecule has 1 heterocycles. The highest BCUT2D eigenvalue weighted by atomic mass is 14.9. The zero-order chi connectivity index (χ0) is 11.3. The van der Waals surface area contributed by atoms with Crippen LogP contribution in [0.3, 0.4) is 0 Å². The maximum atomic E-state index is 8.89. The molecule has 0 bridgehead atoms. The van der Waals surface area contributed by atoms with Crippen molar-refractivity contribution in [1.82, 2.24) is 4.98 Å². The number of nitrogens with zero attached hydrogens (tertiary/aromatic N) is 2. The van der Waals surface area contributed by atoms with Crippen molar-refractivity contribution in [3.05, 3.63) is 24.0 Å². The smallest absolute Gasteiger partial charge is 0.163 e. The Hall–Kier alpha value is -1.56. The Morgan fingerprint density at radius 2 is 2.27 bits per heavy atom. The standard InChI is InChI=1S/C12H17N3/c1-4-10(9(2)3)15-11-6-5-7-14-12(11)8-13/h5-7,9-10,15H,4H2,1-3H3. The van der Waals surface area contributed by atoms with E-state index in [1.807, 2.05) is 12.1 Å². The summed E-state index contributed by atoms with van der Waals surface area (Å²) in [7, 11) is 0. The van der Waals surface area contributed by atoms with E-state index in [1.165, 1.54) is 0 Å². The van der Waals surface area contributed by atoms with E-state index < -0.39 is 0 Å². The molecule has 15 heavy (non-hydrogen) atoms. The number of rotatable bonds is 4. The minimum Gasteiger partial charge on any atom is -0.380 e. The van der Waals surface area contributed by atoms with Gasteiger partial charge in [0, 0.05) is 12.2 Å². The van der Waals surface area contributed by atoms with Crippen LogP contribution in [0.4, 0.5) is 5.69 Å². The van der Waals surface area contributed by atoms with Gasteiger partial charge in [0.15, 0.2) is 5.69 Å². The van der Waals surface area contributed by atoms with Crippen LogP contribution < -0.4 is 5.32 Å². The highest BCUT2D eigenvalue weighted by Crippen LogP contribution is 2.17.